The maximum atomic E-state index is 11.0. The fourth-order valence-corrected chi connectivity index (χ4v) is 1.48. The summed E-state index contributed by atoms with van der Waals surface area (Å²) in [6.45, 7) is 7.96. The predicted molar refractivity (Wildman–Crippen MR) is 58.9 cm³/mol. The minimum atomic E-state index is -0.383. The van der Waals surface area contributed by atoms with Gasteiger partial charge in [0.15, 0.2) is 0 Å². The van der Waals surface area contributed by atoms with E-state index in [2.05, 4.69) is 13.8 Å². The first kappa shape index (κ1) is 13.9. The van der Waals surface area contributed by atoms with E-state index in [1.54, 1.807) is 0 Å². The monoisotopic (exact) mass is 201 g/mol. The van der Waals surface area contributed by atoms with Crippen molar-refractivity contribution >= 4 is 0 Å². The van der Waals surface area contributed by atoms with Crippen LogP contribution in [0.15, 0.2) is 0 Å². The van der Waals surface area contributed by atoms with Crippen molar-refractivity contribution in [1.29, 1.82) is 0 Å². The van der Waals surface area contributed by atoms with Crippen LogP contribution in [0.4, 0.5) is 0 Å². The van der Waals surface area contributed by atoms with Gasteiger partial charge in [0.05, 0.1) is 6.10 Å². The molecule has 0 aliphatic heterocycles. The van der Waals surface area contributed by atoms with E-state index < -0.39 is 0 Å². The second-order valence-electron chi connectivity index (χ2n) is 4.14. The first-order valence-corrected chi connectivity index (χ1v) is 5.94. The molecule has 0 saturated heterocycles. The zero-order valence-corrected chi connectivity index (χ0v) is 9.92. The smallest absolute Gasteiger partial charge is 0.0928 e. The summed E-state index contributed by atoms with van der Waals surface area (Å²) in [6.07, 6.45) is 4.50. The average molecular weight is 201 g/mol. The van der Waals surface area contributed by atoms with Gasteiger partial charge >= 0.3 is 0 Å². The molecule has 0 bridgehead atoms. The number of ether oxygens (including phenoxy) is 1. The Morgan fingerprint density at radius 1 is 1.21 bits per heavy atom. The lowest BCUT2D eigenvalue weighted by Crippen LogP contribution is -2.09. The van der Waals surface area contributed by atoms with Crippen molar-refractivity contribution in [3.63, 3.8) is 0 Å². The fraction of sp³-hybridized carbons (Fsp3) is 1.00. The van der Waals surface area contributed by atoms with Gasteiger partial charge in [-0.1, -0.05) is 27.2 Å². The first-order chi connectivity index (χ1) is 6.70. The van der Waals surface area contributed by atoms with Crippen LogP contribution in [-0.4, -0.2) is 19.3 Å². The van der Waals surface area contributed by atoms with Crippen molar-refractivity contribution in [1.82, 2.24) is 0 Å². The lowest BCUT2D eigenvalue weighted by atomic mass is 10.1. The maximum Gasteiger partial charge on any atom is 0.0928 e. The Morgan fingerprint density at radius 3 is 2.50 bits per heavy atom. The fourth-order valence-electron chi connectivity index (χ4n) is 1.48. The van der Waals surface area contributed by atoms with Gasteiger partial charge in [-0.15, -0.1) is 0 Å². The molecule has 14 heavy (non-hydrogen) atoms. The largest absolute Gasteiger partial charge is 0.381 e. The third kappa shape index (κ3) is 8.52. The van der Waals surface area contributed by atoms with Crippen LogP contribution in [-0.2, 0) is 9.84 Å². The molecule has 0 aromatic carbocycles. The van der Waals surface area contributed by atoms with Gasteiger partial charge in [-0.05, 0) is 31.6 Å². The van der Waals surface area contributed by atoms with E-state index in [4.69, 9.17) is 4.74 Å². The van der Waals surface area contributed by atoms with Crippen LogP contribution >= 0.6 is 0 Å². The van der Waals surface area contributed by atoms with Crippen molar-refractivity contribution in [3.8, 4) is 0 Å². The van der Waals surface area contributed by atoms with Gasteiger partial charge in [-0.25, -0.2) is 5.11 Å². The van der Waals surface area contributed by atoms with Gasteiger partial charge < -0.3 is 4.74 Å². The van der Waals surface area contributed by atoms with Crippen LogP contribution in [0.3, 0.4) is 0 Å². The Morgan fingerprint density at radius 2 is 1.93 bits per heavy atom. The molecule has 0 aliphatic carbocycles. The number of hydrogen-bond donors (Lipinski definition) is 0. The Balaban J connectivity index is 3.13. The van der Waals surface area contributed by atoms with Crippen molar-refractivity contribution in [2.45, 2.75) is 59.0 Å². The molecule has 2 unspecified atom stereocenters. The standard InChI is InChI=1S/C12H25O2/c1-4-7-11(3)10-14-9-6-8-12(13)5-2/h11-12H,4-10H2,1-3H3. The van der Waals surface area contributed by atoms with E-state index in [0.29, 0.717) is 5.92 Å². The van der Waals surface area contributed by atoms with E-state index in [-0.39, 0.29) is 6.10 Å². The van der Waals surface area contributed by atoms with Crippen LogP contribution in [0.2, 0.25) is 0 Å². The highest BCUT2D eigenvalue weighted by atomic mass is 16.5. The summed E-state index contributed by atoms with van der Waals surface area (Å²) in [5.41, 5.74) is 0. The zero-order chi connectivity index (χ0) is 10.8. The number of rotatable bonds is 9. The molecule has 0 aromatic heterocycles. The third-order valence-corrected chi connectivity index (χ3v) is 2.45. The van der Waals surface area contributed by atoms with Gasteiger partial charge in [0.1, 0.15) is 0 Å². The lowest BCUT2D eigenvalue weighted by Gasteiger charge is -2.11. The van der Waals surface area contributed by atoms with Crippen LogP contribution in [0.25, 0.3) is 0 Å². The predicted octanol–water partition coefficient (Wildman–Crippen LogP) is 3.43. The van der Waals surface area contributed by atoms with E-state index >= 15 is 0 Å². The molecule has 2 heteroatoms. The summed E-state index contributed by atoms with van der Waals surface area (Å²) < 4.78 is 5.50. The second-order valence-corrected chi connectivity index (χ2v) is 4.14. The van der Waals surface area contributed by atoms with Gasteiger partial charge in [0.25, 0.3) is 0 Å². The highest BCUT2D eigenvalue weighted by Gasteiger charge is 2.03. The Kier molecular flexibility index (Phi) is 9.42. The molecular formula is C12H25O2. The Labute approximate surface area is 88.7 Å². The van der Waals surface area contributed by atoms with Crippen molar-refractivity contribution in [2.75, 3.05) is 13.2 Å². The summed E-state index contributed by atoms with van der Waals surface area (Å²) in [5.74, 6) is 0.661. The molecular weight excluding hydrogens is 176 g/mol. The summed E-state index contributed by atoms with van der Waals surface area (Å²) in [6, 6.07) is 0. The van der Waals surface area contributed by atoms with Crippen LogP contribution in [0.5, 0.6) is 0 Å². The topological polar surface area (TPSA) is 29.1 Å². The van der Waals surface area contributed by atoms with Gasteiger partial charge in [-0.2, -0.15) is 0 Å². The second kappa shape index (κ2) is 9.47. The van der Waals surface area contributed by atoms with E-state index in [1.165, 1.54) is 12.8 Å². The summed E-state index contributed by atoms with van der Waals surface area (Å²) in [5, 5.41) is 11.0. The summed E-state index contributed by atoms with van der Waals surface area (Å²) >= 11 is 0. The molecule has 0 N–H and O–H groups in total. The molecule has 0 amide bonds. The normalized spacial score (nSPS) is 15.4. The number of hydrogen-bond acceptors (Lipinski definition) is 1. The molecule has 0 saturated carbocycles. The van der Waals surface area contributed by atoms with Gasteiger partial charge in [0, 0.05) is 13.2 Å². The van der Waals surface area contributed by atoms with E-state index in [1.807, 2.05) is 6.92 Å². The maximum absolute atomic E-state index is 11.0. The SMILES string of the molecule is CCCC(C)COCCCC([O])CC. The molecule has 0 aliphatic rings. The highest BCUT2D eigenvalue weighted by Crippen LogP contribution is 2.06. The molecule has 1 radical (unpaired) electrons. The van der Waals surface area contributed by atoms with E-state index in [9.17, 15) is 5.11 Å². The molecule has 0 fully saturated rings. The molecule has 0 aromatic rings. The molecule has 2 nitrogen and oxygen atoms in total. The quantitative estimate of drug-likeness (QED) is 0.525. The van der Waals surface area contributed by atoms with Gasteiger partial charge in [0.2, 0.25) is 0 Å². The Bertz CT molecular complexity index is 115. The average Bonchev–Trinajstić information content (AvgIpc) is 2.17. The molecule has 2 atom stereocenters. The van der Waals surface area contributed by atoms with Crippen LogP contribution in [0.1, 0.15) is 52.9 Å². The first-order valence-electron chi connectivity index (χ1n) is 5.94. The minimum absolute atomic E-state index is 0.383. The zero-order valence-electron chi connectivity index (χ0n) is 9.92. The third-order valence-electron chi connectivity index (χ3n) is 2.45. The molecule has 0 rings (SSSR count). The minimum Gasteiger partial charge on any atom is -0.381 e. The van der Waals surface area contributed by atoms with E-state index in [0.717, 1.165) is 32.5 Å². The molecule has 85 valence electrons. The van der Waals surface area contributed by atoms with Gasteiger partial charge in [-0.3, -0.25) is 0 Å². The van der Waals surface area contributed by atoms with Crippen molar-refractivity contribution in [3.05, 3.63) is 0 Å². The van der Waals surface area contributed by atoms with Crippen molar-refractivity contribution in [2.24, 2.45) is 5.92 Å². The lowest BCUT2D eigenvalue weighted by molar-refractivity contribution is 0.0543. The van der Waals surface area contributed by atoms with Crippen LogP contribution in [0, 0.1) is 5.92 Å². The molecule has 0 heterocycles. The van der Waals surface area contributed by atoms with Crippen LogP contribution < -0.4 is 0 Å². The highest BCUT2D eigenvalue weighted by molar-refractivity contribution is 4.53. The summed E-state index contributed by atoms with van der Waals surface area (Å²) in [7, 11) is 0. The van der Waals surface area contributed by atoms with Crippen molar-refractivity contribution < 1.29 is 9.84 Å². The molecule has 0 spiro atoms. The Hall–Kier alpha value is -0.0800. The summed E-state index contributed by atoms with van der Waals surface area (Å²) in [4.78, 5) is 0.